The van der Waals surface area contributed by atoms with Crippen LogP contribution in [0.2, 0.25) is 0 Å². The fourth-order valence-electron chi connectivity index (χ4n) is 1.11. The van der Waals surface area contributed by atoms with Crippen molar-refractivity contribution in [1.29, 1.82) is 0 Å². The van der Waals surface area contributed by atoms with Gasteiger partial charge in [-0.15, -0.1) is 0 Å². The molecule has 8 nitrogen and oxygen atoms in total. The summed E-state index contributed by atoms with van der Waals surface area (Å²) in [6.07, 6.45) is -2.78. The highest BCUT2D eigenvalue weighted by molar-refractivity contribution is 5.89. The number of ether oxygens (including phenoxy) is 2. The third kappa shape index (κ3) is 2.41. The van der Waals surface area contributed by atoms with Gasteiger partial charge in [-0.2, -0.15) is 0 Å². The fraction of sp³-hybridized carbons (Fsp3) is 0.500. The molecule has 0 spiro atoms. The van der Waals surface area contributed by atoms with Gasteiger partial charge in [0.25, 0.3) is 5.91 Å². The van der Waals surface area contributed by atoms with Crippen LogP contribution in [0.4, 0.5) is 0 Å². The Bertz CT molecular complexity index is 337. The summed E-state index contributed by atoms with van der Waals surface area (Å²) in [6.45, 7) is -1.28. The number of aliphatic hydroxyl groups is 3. The molecule has 1 rings (SSSR count). The van der Waals surface area contributed by atoms with E-state index in [1.54, 1.807) is 0 Å². The van der Waals surface area contributed by atoms with Gasteiger partial charge in [0.2, 0.25) is 5.76 Å². The van der Waals surface area contributed by atoms with Crippen LogP contribution in [0.1, 0.15) is 0 Å². The number of hydrogen-bond acceptors (Lipinski definition) is 7. The monoisotopic (exact) mass is 233 g/mol. The Morgan fingerprint density at radius 2 is 2.25 bits per heavy atom. The predicted octanol–water partition coefficient (Wildman–Crippen LogP) is -2.46. The second-order valence-electron chi connectivity index (χ2n) is 3.04. The smallest absolute Gasteiger partial charge is 0.378 e. The molecule has 1 amide bonds. The number of nitrogens with two attached hydrogens (primary N) is 1. The molecule has 1 heterocycles. The number of carbonyl (C=O) groups excluding carboxylic acids is 2. The van der Waals surface area contributed by atoms with Crippen LogP contribution in [0.25, 0.3) is 0 Å². The van der Waals surface area contributed by atoms with E-state index < -0.39 is 48.8 Å². The molecule has 0 unspecified atom stereocenters. The van der Waals surface area contributed by atoms with Crippen LogP contribution in [0, 0.1) is 0 Å². The highest BCUT2D eigenvalue weighted by atomic mass is 16.6. The molecule has 0 saturated heterocycles. The highest BCUT2D eigenvalue weighted by Crippen LogP contribution is 2.24. The maximum atomic E-state index is 10.9. The molecule has 0 saturated carbocycles. The Morgan fingerprint density at radius 3 is 2.75 bits per heavy atom. The fourth-order valence-corrected chi connectivity index (χ4v) is 1.11. The average Bonchev–Trinajstić information content (AvgIpc) is 2.52. The van der Waals surface area contributed by atoms with Gasteiger partial charge in [-0.1, -0.05) is 0 Å². The van der Waals surface area contributed by atoms with E-state index in [0.29, 0.717) is 0 Å². The molecule has 0 aliphatic carbocycles. The maximum absolute atomic E-state index is 10.9. The standard InChI is InChI=1S/C8H11NO7/c9-4(12)2-15-7-5(13)8(14)16-6(7)3(11)1-10/h3,6,10-11,13H,1-2H2,(H2,9,12)/t3-,6+/m0/s1. The Morgan fingerprint density at radius 1 is 1.62 bits per heavy atom. The predicted molar refractivity (Wildman–Crippen MR) is 47.8 cm³/mol. The van der Waals surface area contributed by atoms with E-state index in [2.05, 4.69) is 4.74 Å². The molecule has 0 aromatic heterocycles. The van der Waals surface area contributed by atoms with E-state index in [9.17, 15) is 19.8 Å². The number of primary amides is 1. The minimum atomic E-state index is -1.45. The average molecular weight is 233 g/mol. The largest absolute Gasteiger partial charge is 0.499 e. The molecule has 0 aromatic rings. The summed E-state index contributed by atoms with van der Waals surface area (Å²) in [5.41, 5.74) is 4.80. The van der Waals surface area contributed by atoms with Gasteiger partial charge in [-0.3, -0.25) is 4.79 Å². The van der Waals surface area contributed by atoms with Crippen molar-refractivity contribution < 1.29 is 34.4 Å². The number of hydrogen-bond donors (Lipinski definition) is 4. The lowest BCUT2D eigenvalue weighted by Crippen LogP contribution is -2.33. The van der Waals surface area contributed by atoms with Gasteiger partial charge >= 0.3 is 5.97 Å². The topological polar surface area (TPSA) is 139 Å². The molecule has 0 bridgehead atoms. The van der Waals surface area contributed by atoms with Gasteiger partial charge < -0.3 is 30.5 Å². The van der Waals surface area contributed by atoms with E-state index in [0.717, 1.165) is 0 Å². The molecule has 5 N–H and O–H groups in total. The third-order valence-electron chi connectivity index (χ3n) is 1.83. The lowest BCUT2D eigenvalue weighted by molar-refractivity contribution is -0.148. The zero-order valence-corrected chi connectivity index (χ0v) is 8.12. The molecule has 0 radical (unpaired) electrons. The molecule has 1 aliphatic rings. The van der Waals surface area contributed by atoms with Crippen molar-refractivity contribution in [1.82, 2.24) is 0 Å². The van der Waals surface area contributed by atoms with Crippen LogP contribution in [-0.2, 0) is 19.1 Å². The molecule has 0 aromatic carbocycles. The normalized spacial score (nSPS) is 21.9. The number of cyclic esters (lactones) is 1. The molecule has 8 heteroatoms. The molecule has 2 atom stereocenters. The third-order valence-corrected chi connectivity index (χ3v) is 1.83. The zero-order chi connectivity index (χ0) is 12.3. The maximum Gasteiger partial charge on any atom is 0.378 e. The van der Waals surface area contributed by atoms with Gasteiger partial charge in [-0.25, -0.2) is 4.79 Å². The van der Waals surface area contributed by atoms with E-state index in [4.69, 9.17) is 15.6 Å². The van der Waals surface area contributed by atoms with Crippen LogP contribution < -0.4 is 5.73 Å². The van der Waals surface area contributed by atoms with Crippen molar-refractivity contribution in [2.45, 2.75) is 12.2 Å². The summed E-state index contributed by atoms with van der Waals surface area (Å²) < 4.78 is 9.24. The Hall–Kier alpha value is -1.80. The van der Waals surface area contributed by atoms with Crippen molar-refractivity contribution >= 4 is 11.9 Å². The summed E-state index contributed by atoms with van der Waals surface area (Å²) in [4.78, 5) is 21.4. The number of esters is 1. The van der Waals surface area contributed by atoms with Crippen LogP contribution >= 0.6 is 0 Å². The van der Waals surface area contributed by atoms with Crippen LogP contribution in [0.5, 0.6) is 0 Å². The second kappa shape index (κ2) is 4.81. The van der Waals surface area contributed by atoms with Crippen LogP contribution in [0.3, 0.4) is 0 Å². The summed E-state index contributed by atoms with van der Waals surface area (Å²) >= 11 is 0. The molecule has 16 heavy (non-hydrogen) atoms. The zero-order valence-electron chi connectivity index (χ0n) is 8.12. The van der Waals surface area contributed by atoms with Crippen molar-refractivity contribution in [3.8, 4) is 0 Å². The van der Waals surface area contributed by atoms with E-state index >= 15 is 0 Å². The van der Waals surface area contributed by atoms with Gasteiger partial charge in [0, 0.05) is 0 Å². The molecular formula is C8H11NO7. The quantitative estimate of drug-likeness (QED) is 0.386. The summed E-state index contributed by atoms with van der Waals surface area (Å²) in [5, 5.41) is 27.2. The van der Waals surface area contributed by atoms with Crippen molar-refractivity contribution in [2.75, 3.05) is 13.2 Å². The first-order valence-electron chi connectivity index (χ1n) is 4.31. The number of rotatable bonds is 5. The molecule has 90 valence electrons. The Balaban J connectivity index is 2.80. The van der Waals surface area contributed by atoms with E-state index in [1.165, 1.54) is 0 Å². The minimum absolute atomic E-state index is 0.412. The minimum Gasteiger partial charge on any atom is -0.499 e. The second-order valence-corrected chi connectivity index (χ2v) is 3.04. The molecule has 0 fully saturated rings. The highest BCUT2D eigenvalue weighted by Gasteiger charge is 2.40. The lowest BCUT2D eigenvalue weighted by Gasteiger charge is -2.17. The van der Waals surface area contributed by atoms with Crippen molar-refractivity contribution in [3.05, 3.63) is 11.5 Å². The van der Waals surface area contributed by atoms with Crippen molar-refractivity contribution in [3.63, 3.8) is 0 Å². The Labute approximate surface area is 89.9 Å². The van der Waals surface area contributed by atoms with E-state index in [-0.39, 0.29) is 0 Å². The van der Waals surface area contributed by atoms with Gasteiger partial charge in [0.15, 0.2) is 18.5 Å². The number of amides is 1. The van der Waals surface area contributed by atoms with Gasteiger partial charge in [0.1, 0.15) is 6.10 Å². The number of aliphatic hydroxyl groups excluding tert-OH is 3. The lowest BCUT2D eigenvalue weighted by atomic mass is 10.2. The van der Waals surface area contributed by atoms with Gasteiger partial charge in [0.05, 0.1) is 6.61 Å². The first-order valence-corrected chi connectivity index (χ1v) is 4.31. The SMILES string of the molecule is NC(=O)COC1=C(O)C(=O)O[C@@H]1[C@@H](O)CO. The van der Waals surface area contributed by atoms with E-state index in [1.807, 2.05) is 0 Å². The summed E-state index contributed by atoms with van der Waals surface area (Å²) in [6, 6.07) is 0. The first kappa shape index (κ1) is 12.3. The first-order chi connectivity index (χ1) is 7.47. The number of carbonyl (C=O) groups is 2. The van der Waals surface area contributed by atoms with Gasteiger partial charge in [-0.05, 0) is 0 Å². The summed E-state index contributed by atoms with van der Waals surface area (Å²) in [7, 11) is 0. The Kier molecular flexibility index (Phi) is 3.69. The summed E-state index contributed by atoms with van der Waals surface area (Å²) in [5.74, 6) is -3.18. The van der Waals surface area contributed by atoms with Crippen molar-refractivity contribution in [2.24, 2.45) is 5.73 Å². The molecule has 1 aliphatic heterocycles. The van der Waals surface area contributed by atoms with Crippen LogP contribution in [-0.4, -0.2) is 52.6 Å². The van der Waals surface area contributed by atoms with Crippen LogP contribution in [0.15, 0.2) is 11.5 Å². The molecular weight excluding hydrogens is 222 g/mol.